The summed E-state index contributed by atoms with van der Waals surface area (Å²) in [5, 5.41) is 14.0. The average molecular weight is 284 g/mol. The number of hydrogen-bond donors (Lipinski definition) is 3. The van der Waals surface area contributed by atoms with Crippen LogP contribution in [0.4, 0.5) is 0 Å². The molecule has 1 unspecified atom stereocenters. The Balaban J connectivity index is 2.51. The molecule has 0 aliphatic rings. The van der Waals surface area contributed by atoms with E-state index in [0.717, 1.165) is 0 Å². The highest BCUT2D eigenvalue weighted by Gasteiger charge is 2.07. The van der Waals surface area contributed by atoms with Crippen LogP contribution in [0.15, 0.2) is 23.5 Å². The number of carbonyl (C=O) groups is 1. The van der Waals surface area contributed by atoms with Crippen LogP contribution in [0.2, 0.25) is 0 Å². The first kappa shape index (κ1) is 15.1. The zero-order valence-electron chi connectivity index (χ0n) is 10.5. The second-order valence-corrected chi connectivity index (χ2v) is 5.36. The van der Waals surface area contributed by atoms with E-state index in [9.17, 15) is 9.00 Å². The van der Waals surface area contributed by atoms with Crippen LogP contribution in [0.5, 0.6) is 0 Å². The van der Waals surface area contributed by atoms with Crippen LogP contribution in [-0.2, 0) is 10.8 Å². The van der Waals surface area contributed by atoms with Gasteiger partial charge in [-0.25, -0.2) is 0 Å². The Morgan fingerprint density at radius 1 is 1.58 bits per heavy atom. The summed E-state index contributed by atoms with van der Waals surface area (Å²) in [5.41, 5.74) is 6.05. The summed E-state index contributed by atoms with van der Waals surface area (Å²) in [6.45, 7) is 0.447. The summed E-state index contributed by atoms with van der Waals surface area (Å²) >= 11 is 0. The van der Waals surface area contributed by atoms with Crippen molar-refractivity contribution in [3.05, 3.63) is 29.6 Å². The lowest BCUT2D eigenvalue weighted by atomic mass is 10.2. The molecule has 1 aromatic heterocycles. The summed E-state index contributed by atoms with van der Waals surface area (Å²) in [6.07, 6.45) is 3.62. The monoisotopic (exact) mass is 284 g/mol. The van der Waals surface area contributed by atoms with Crippen molar-refractivity contribution in [3.8, 4) is 0 Å². The molecule has 7 nitrogen and oxygen atoms in total. The minimum absolute atomic E-state index is 0.0649. The Morgan fingerprint density at radius 3 is 2.84 bits per heavy atom. The second-order valence-electron chi connectivity index (χ2n) is 3.80. The van der Waals surface area contributed by atoms with E-state index in [4.69, 9.17) is 10.9 Å². The predicted octanol–water partition coefficient (Wildman–Crippen LogP) is -0.325. The lowest BCUT2D eigenvalue weighted by Crippen LogP contribution is -2.26. The second kappa shape index (κ2) is 7.47. The SMILES string of the molecule is CS(=O)CCCNC(=O)c1ccc(/C(N)=N/O)cn1. The van der Waals surface area contributed by atoms with E-state index < -0.39 is 10.8 Å². The Morgan fingerprint density at radius 2 is 2.32 bits per heavy atom. The minimum atomic E-state index is -0.852. The van der Waals surface area contributed by atoms with Gasteiger partial charge in [-0.15, -0.1) is 0 Å². The molecule has 0 bridgehead atoms. The fourth-order valence-corrected chi connectivity index (χ4v) is 1.86. The first-order chi connectivity index (χ1) is 9.04. The molecular formula is C11H16N4O3S. The first-order valence-electron chi connectivity index (χ1n) is 5.56. The van der Waals surface area contributed by atoms with Gasteiger partial charge in [-0.1, -0.05) is 5.16 Å². The van der Waals surface area contributed by atoms with Gasteiger partial charge in [0.05, 0.1) is 0 Å². The van der Waals surface area contributed by atoms with Crippen molar-refractivity contribution >= 4 is 22.5 Å². The molecule has 1 heterocycles. The van der Waals surface area contributed by atoms with Gasteiger partial charge in [0.1, 0.15) is 5.69 Å². The third-order valence-electron chi connectivity index (χ3n) is 2.29. The van der Waals surface area contributed by atoms with Crippen LogP contribution >= 0.6 is 0 Å². The van der Waals surface area contributed by atoms with E-state index in [1.165, 1.54) is 18.3 Å². The van der Waals surface area contributed by atoms with Crippen molar-refractivity contribution in [3.63, 3.8) is 0 Å². The predicted molar refractivity (Wildman–Crippen MR) is 72.6 cm³/mol. The number of carbonyl (C=O) groups excluding carboxylic acids is 1. The molecule has 0 aliphatic carbocycles. The fraction of sp³-hybridized carbons (Fsp3) is 0.364. The van der Waals surface area contributed by atoms with Crippen LogP contribution in [0, 0.1) is 0 Å². The zero-order valence-corrected chi connectivity index (χ0v) is 11.3. The van der Waals surface area contributed by atoms with Crippen molar-refractivity contribution in [1.82, 2.24) is 10.3 Å². The molecule has 0 aliphatic heterocycles. The van der Waals surface area contributed by atoms with Crippen LogP contribution < -0.4 is 11.1 Å². The molecule has 0 spiro atoms. The summed E-state index contributed by atoms with van der Waals surface area (Å²) in [6, 6.07) is 3.03. The van der Waals surface area contributed by atoms with Crippen LogP contribution in [-0.4, -0.2) is 44.7 Å². The number of nitrogens with zero attached hydrogens (tertiary/aromatic N) is 2. The standard InChI is InChI=1S/C11H16N4O3S/c1-19(18)6-2-5-13-11(16)9-4-3-8(7-14-9)10(12)15-17/h3-4,7,17H,2,5-6H2,1H3,(H2,12,15)(H,13,16). The number of amidine groups is 1. The molecule has 1 atom stereocenters. The smallest absolute Gasteiger partial charge is 0.269 e. The van der Waals surface area contributed by atoms with Gasteiger partial charge >= 0.3 is 0 Å². The Bertz CT molecular complexity index is 487. The molecule has 0 fully saturated rings. The number of nitrogens with one attached hydrogen (secondary N) is 1. The maximum atomic E-state index is 11.7. The van der Waals surface area contributed by atoms with Gasteiger partial charge in [0.2, 0.25) is 0 Å². The van der Waals surface area contributed by atoms with Gasteiger partial charge in [-0.2, -0.15) is 0 Å². The van der Waals surface area contributed by atoms with Crippen molar-refractivity contribution in [2.45, 2.75) is 6.42 Å². The Labute approximate surface area is 113 Å². The lowest BCUT2D eigenvalue weighted by Gasteiger charge is -2.04. The Hall–Kier alpha value is -1.96. The van der Waals surface area contributed by atoms with Crippen molar-refractivity contribution in [1.29, 1.82) is 0 Å². The molecule has 0 radical (unpaired) electrons. The van der Waals surface area contributed by atoms with Crippen LogP contribution in [0.1, 0.15) is 22.5 Å². The highest BCUT2D eigenvalue weighted by atomic mass is 32.2. The van der Waals surface area contributed by atoms with Gasteiger partial charge in [0.25, 0.3) is 5.91 Å². The first-order valence-corrected chi connectivity index (χ1v) is 7.29. The minimum Gasteiger partial charge on any atom is -0.409 e. The molecule has 19 heavy (non-hydrogen) atoms. The van der Waals surface area contributed by atoms with Gasteiger partial charge in [-0.3, -0.25) is 14.0 Å². The highest BCUT2D eigenvalue weighted by Crippen LogP contribution is 2.00. The molecular weight excluding hydrogens is 268 g/mol. The number of aromatic nitrogens is 1. The third-order valence-corrected chi connectivity index (χ3v) is 3.16. The molecule has 8 heteroatoms. The molecule has 0 saturated heterocycles. The van der Waals surface area contributed by atoms with Crippen molar-refractivity contribution < 1.29 is 14.2 Å². The summed E-state index contributed by atoms with van der Waals surface area (Å²) in [5.74, 6) is 0.175. The number of oxime groups is 1. The van der Waals surface area contributed by atoms with Gasteiger partial charge in [0.15, 0.2) is 5.84 Å². The maximum absolute atomic E-state index is 11.7. The maximum Gasteiger partial charge on any atom is 0.269 e. The van der Waals surface area contributed by atoms with E-state index in [-0.39, 0.29) is 17.4 Å². The van der Waals surface area contributed by atoms with Gasteiger partial charge < -0.3 is 16.3 Å². The number of nitrogens with two attached hydrogens (primary N) is 1. The zero-order chi connectivity index (χ0) is 14.3. The molecule has 4 N–H and O–H groups in total. The highest BCUT2D eigenvalue weighted by molar-refractivity contribution is 7.84. The van der Waals surface area contributed by atoms with Crippen LogP contribution in [0.3, 0.4) is 0 Å². The molecule has 0 aromatic carbocycles. The van der Waals surface area contributed by atoms with Gasteiger partial charge in [-0.05, 0) is 18.6 Å². The van der Waals surface area contributed by atoms with E-state index in [1.54, 1.807) is 6.26 Å². The summed E-state index contributed by atoms with van der Waals surface area (Å²) in [4.78, 5) is 15.6. The number of rotatable bonds is 6. The van der Waals surface area contributed by atoms with E-state index in [1.807, 2.05) is 0 Å². The number of pyridine rings is 1. The lowest BCUT2D eigenvalue weighted by molar-refractivity contribution is 0.0949. The number of amides is 1. The summed E-state index contributed by atoms with van der Waals surface area (Å²) in [7, 11) is -0.852. The summed E-state index contributed by atoms with van der Waals surface area (Å²) < 4.78 is 10.8. The topological polar surface area (TPSA) is 118 Å². The fourth-order valence-electron chi connectivity index (χ4n) is 1.31. The Kier molecular flexibility index (Phi) is 5.94. The molecule has 1 aromatic rings. The van der Waals surface area contributed by atoms with Crippen molar-refractivity contribution in [2.75, 3.05) is 18.6 Å². The van der Waals surface area contributed by atoms with E-state index in [2.05, 4.69) is 15.5 Å². The van der Waals surface area contributed by atoms with Crippen LogP contribution in [0.25, 0.3) is 0 Å². The van der Waals surface area contributed by atoms with E-state index in [0.29, 0.717) is 24.3 Å². The average Bonchev–Trinajstić information content (AvgIpc) is 2.42. The number of hydrogen-bond acceptors (Lipinski definition) is 5. The molecule has 0 saturated carbocycles. The van der Waals surface area contributed by atoms with Crippen molar-refractivity contribution in [2.24, 2.45) is 10.9 Å². The normalized spacial score (nSPS) is 13.0. The quantitative estimate of drug-likeness (QED) is 0.217. The largest absolute Gasteiger partial charge is 0.409 e. The molecule has 104 valence electrons. The van der Waals surface area contributed by atoms with E-state index >= 15 is 0 Å². The molecule has 1 amide bonds. The van der Waals surface area contributed by atoms with Gasteiger partial charge in [0, 0.05) is 41.1 Å². The molecule has 1 rings (SSSR count). The third kappa shape index (κ3) is 5.04.